The summed E-state index contributed by atoms with van der Waals surface area (Å²) in [5, 5.41) is 7.33. The lowest BCUT2D eigenvalue weighted by atomic mass is 10.1. The number of hydrogen-bond donors (Lipinski definition) is 2. The standard InChI is InChI=1S/C20H15BrN4O3/c1-11(18-22-15-5-3-2-4-14(15)19(26)23-18)28-20(27)17-10-16(24-25-17)12-6-8-13(21)9-7-12/h2-11H,1H3,(H,24,25)(H,22,23,26). The minimum Gasteiger partial charge on any atom is -0.450 e. The third kappa shape index (κ3) is 3.59. The number of carbonyl (C=O) groups excluding carboxylic acids is 1. The zero-order chi connectivity index (χ0) is 19.7. The fourth-order valence-corrected chi connectivity index (χ4v) is 3.04. The second-order valence-electron chi connectivity index (χ2n) is 6.19. The first-order valence-corrected chi connectivity index (χ1v) is 9.32. The number of fused-ring (bicyclic) bond motifs is 1. The van der Waals surface area contributed by atoms with Gasteiger partial charge in [0.25, 0.3) is 5.56 Å². The zero-order valence-corrected chi connectivity index (χ0v) is 16.4. The average molecular weight is 439 g/mol. The van der Waals surface area contributed by atoms with Crippen molar-refractivity contribution in [1.82, 2.24) is 20.2 Å². The summed E-state index contributed by atoms with van der Waals surface area (Å²) in [6.07, 6.45) is -0.732. The molecule has 0 saturated heterocycles. The van der Waals surface area contributed by atoms with E-state index in [9.17, 15) is 9.59 Å². The molecule has 0 fully saturated rings. The van der Waals surface area contributed by atoms with Crippen molar-refractivity contribution in [2.24, 2.45) is 0 Å². The normalized spacial score (nSPS) is 12.1. The number of ether oxygens (including phenoxy) is 1. The van der Waals surface area contributed by atoms with Crippen LogP contribution < -0.4 is 5.56 Å². The van der Waals surface area contributed by atoms with Gasteiger partial charge in [-0.05, 0) is 37.3 Å². The Labute approximate surface area is 167 Å². The van der Waals surface area contributed by atoms with Crippen LogP contribution in [0.1, 0.15) is 29.3 Å². The highest BCUT2D eigenvalue weighted by atomic mass is 79.9. The number of halogens is 1. The van der Waals surface area contributed by atoms with Gasteiger partial charge in [0.05, 0.1) is 16.6 Å². The number of carbonyl (C=O) groups is 1. The van der Waals surface area contributed by atoms with E-state index in [0.29, 0.717) is 16.6 Å². The maximum atomic E-state index is 12.5. The molecule has 0 bridgehead atoms. The lowest BCUT2D eigenvalue weighted by Crippen LogP contribution is -2.17. The third-order valence-corrected chi connectivity index (χ3v) is 4.77. The van der Waals surface area contributed by atoms with E-state index in [1.165, 1.54) is 0 Å². The quantitative estimate of drug-likeness (QED) is 0.469. The molecule has 0 aliphatic rings. The molecule has 8 heteroatoms. The Hall–Kier alpha value is -3.26. The summed E-state index contributed by atoms with van der Waals surface area (Å²) in [4.78, 5) is 31.7. The number of rotatable bonds is 4. The van der Waals surface area contributed by atoms with Crippen LogP contribution in [0.5, 0.6) is 0 Å². The molecular weight excluding hydrogens is 424 g/mol. The Morgan fingerprint density at radius 3 is 2.68 bits per heavy atom. The van der Waals surface area contributed by atoms with Gasteiger partial charge in [0.2, 0.25) is 0 Å². The molecule has 4 aromatic rings. The van der Waals surface area contributed by atoms with E-state index in [4.69, 9.17) is 4.74 Å². The van der Waals surface area contributed by atoms with E-state index in [-0.39, 0.29) is 17.1 Å². The first kappa shape index (κ1) is 18.1. The Bertz CT molecular complexity index is 1210. The number of nitrogens with zero attached hydrogens (tertiary/aromatic N) is 2. The van der Waals surface area contributed by atoms with Gasteiger partial charge in [0.1, 0.15) is 5.69 Å². The summed E-state index contributed by atoms with van der Waals surface area (Å²) >= 11 is 3.38. The molecule has 7 nitrogen and oxygen atoms in total. The molecule has 0 amide bonds. The largest absolute Gasteiger partial charge is 0.450 e. The van der Waals surface area contributed by atoms with E-state index in [1.54, 1.807) is 37.3 Å². The van der Waals surface area contributed by atoms with Crippen LogP contribution in [0.3, 0.4) is 0 Å². The Morgan fingerprint density at radius 2 is 1.89 bits per heavy atom. The van der Waals surface area contributed by atoms with E-state index in [0.717, 1.165) is 10.0 Å². The molecule has 2 aromatic carbocycles. The molecule has 140 valence electrons. The second kappa shape index (κ2) is 7.40. The number of aromatic nitrogens is 4. The SMILES string of the molecule is CC(OC(=O)c1cc(-c2ccc(Br)cc2)n[nH]1)c1nc2ccccc2c(=O)[nH]1. The van der Waals surface area contributed by atoms with Crippen molar-refractivity contribution in [2.45, 2.75) is 13.0 Å². The van der Waals surface area contributed by atoms with Gasteiger partial charge in [-0.3, -0.25) is 9.89 Å². The summed E-state index contributed by atoms with van der Waals surface area (Å²) < 4.78 is 6.40. The van der Waals surface area contributed by atoms with Crippen molar-refractivity contribution in [2.75, 3.05) is 0 Å². The maximum Gasteiger partial charge on any atom is 0.357 e. The molecule has 28 heavy (non-hydrogen) atoms. The molecule has 0 spiro atoms. The van der Waals surface area contributed by atoms with Gasteiger partial charge in [-0.2, -0.15) is 5.10 Å². The lowest BCUT2D eigenvalue weighted by molar-refractivity contribution is 0.0313. The van der Waals surface area contributed by atoms with Crippen LogP contribution in [0, 0.1) is 0 Å². The first-order valence-electron chi connectivity index (χ1n) is 8.52. The molecule has 2 N–H and O–H groups in total. The number of aromatic amines is 2. The topological polar surface area (TPSA) is 101 Å². The number of hydrogen-bond acceptors (Lipinski definition) is 5. The molecule has 1 unspecified atom stereocenters. The van der Waals surface area contributed by atoms with E-state index >= 15 is 0 Å². The molecule has 1 atom stereocenters. The van der Waals surface area contributed by atoms with Crippen molar-refractivity contribution in [3.05, 3.63) is 80.9 Å². The minimum atomic E-state index is -0.732. The maximum absolute atomic E-state index is 12.5. The van der Waals surface area contributed by atoms with Gasteiger partial charge < -0.3 is 9.72 Å². The lowest BCUT2D eigenvalue weighted by Gasteiger charge is -2.12. The van der Waals surface area contributed by atoms with Gasteiger partial charge >= 0.3 is 5.97 Å². The second-order valence-corrected chi connectivity index (χ2v) is 7.11. The number of para-hydroxylation sites is 1. The van der Waals surface area contributed by atoms with E-state index < -0.39 is 12.1 Å². The minimum absolute atomic E-state index is 0.216. The highest BCUT2D eigenvalue weighted by Gasteiger charge is 2.19. The third-order valence-electron chi connectivity index (χ3n) is 4.24. The fourth-order valence-electron chi connectivity index (χ4n) is 2.77. The van der Waals surface area contributed by atoms with E-state index in [1.807, 2.05) is 24.3 Å². The smallest absolute Gasteiger partial charge is 0.357 e. The van der Waals surface area contributed by atoms with Gasteiger partial charge in [0.15, 0.2) is 11.9 Å². The summed E-state index contributed by atoms with van der Waals surface area (Å²) in [5.41, 5.74) is 1.98. The zero-order valence-electron chi connectivity index (χ0n) is 14.8. The Balaban J connectivity index is 1.54. The first-order chi connectivity index (χ1) is 13.5. The van der Waals surface area contributed by atoms with Crippen LogP contribution in [-0.4, -0.2) is 26.1 Å². The Morgan fingerprint density at radius 1 is 1.14 bits per heavy atom. The van der Waals surface area contributed by atoms with E-state index in [2.05, 4.69) is 36.1 Å². The predicted octanol–water partition coefficient (Wildman–Crippen LogP) is 3.99. The molecule has 0 radical (unpaired) electrons. The highest BCUT2D eigenvalue weighted by Crippen LogP contribution is 2.22. The van der Waals surface area contributed by atoms with Crippen molar-refractivity contribution < 1.29 is 9.53 Å². The van der Waals surface area contributed by atoms with Crippen LogP contribution in [0.2, 0.25) is 0 Å². The van der Waals surface area contributed by atoms with Crippen LogP contribution in [0.4, 0.5) is 0 Å². The summed E-state index contributed by atoms with van der Waals surface area (Å²) in [5.74, 6) is -0.302. The predicted molar refractivity (Wildman–Crippen MR) is 108 cm³/mol. The number of H-pyrrole nitrogens is 2. The number of nitrogens with one attached hydrogen (secondary N) is 2. The van der Waals surface area contributed by atoms with Crippen molar-refractivity contribution >= 4 is 32.8 Å². The van der Waals surface area contributed by atoms with Gasteiger partial charge in [-0.25, -0.2) is 9.78 Å². The molecule has 2 aromatic heterocycles. The highest BCUT2D eigenvalue weighted by molar-refractivity contribution is 9.10. The van der Waals surface area contributed by atoms with Crippen molar-refractivity contribution in [3.8, 4) is 11.3 Å². The summed E-state index contributed by atoms with van der Waals surface area (Å²) in [7, 11) is 0. The summed E-state index contributed by atoms with van der Waals surface area (Å²) in [6.45, 7) is 1.65. The molecule has 0 aliphatic heterocycles. The van der Waals surface area contributed by atoms with Crippen LogP contribution in [0.15, 0.2) is 63.9 Å². The van der Waals surface area contributed by atoms with Crippen molar-refractivity contribution in [3.63, 3.8) is 0 Å². The van der Waals surface area contributed by atoms with Crippen LogP contribution in [-0.2, 0) is 4.74 Å². The monoisotopic (exact) mass is 438 g/mol. The van der Waals surface area contributed by atoms with Crippen LogP contribution >= 0.6 is 15.9 Å². The average Bonchev–Trinajstić information content (AvgIpc) is 3.19. The molecule has 2 heterocycles. The van der Waals surface area contributed by atoms with Gasteiger partial charge in [0, 0.05) is 10.0 Å². The molecular formula is C20H15BrN4O3. The van der Waals surface area contributed by atoms with Gasteiger partial charge in [-0.15, -0.1) is 0 Å². The van der Waals surface area contributed by atoms with Crippen molar-refractivity contribution in [1.29, 1.82) is 0 Å². The Kier molecular flexibility index (Phi) is 4.79. The summed E-state index contributed by atoms with van der Waals surface area (Å²) in [6, 6.07) is 16.2. The molecule has 0 aliphatic carbocycles. The van der Waals surface area contributed by atoms with Crippen LogP contribution in [0.25, 0.3) is 22.2 Å². The van der Waals surface area contributed by atoms with Gasteiger partial charge in [-0.1, -0.05) is 40.2 Å². The molecule has 4 rings (SSSR count). The number of esters is 1. The number of benzene rings is 2. The fraction of sp³-hybridized carbons (Fsp3) is 0.100. The molecule has 0 saturated carbocycles.